The first-order valence-electron chi connectivity index (χ1n) is 8.03. The van der Waals surface area contributed by atoms with Crippen molar-refractivity contribution in [2.45, 2.75) is 26.3 Å². The van der Waals surface area contributed by atoms with E-state index in [0.717, 1.165) is 18.2 Å². The van der Waals surface area contributed by atoms with Crippen LogP contribution in [0.4, 0.5) is 14.5 Å². The van der Waals surface area contributed by atoms with Gasteiger partial charge in [-0.3, -0.25) is 9.59 Å². The van der Waals surface area contributed by atoms with E-state index in [2.05, 4.69) is 10.6 Å². The zero-order valence-electron chi connectivity index (χ0n) is 14.1. The highest BCUT2D eigenvalue weighted by Crippen LogP contribution is 2.16. The van der Waals surface area contributed by atoms with E-state index in [9.17, 15) is 18.4 Å². The first-order valence-corrected chi connectivity index (χ1v) is 8.03. The Balaban J connectivity index is 2.16. The number of hydrogen-bond donors (Lipinski definition) is 2. The molecular formula is C19H20F2N2O2. The van der Waals surface area contributed by atoms with Crippen molar-refractivity contribution in [2.75, 3.05) is 5.32 Å². The minimum Gasteiger partial charge on any atom is -0.340 e. The molecule has 132 valence electrons. The molecule has 6 heteroatoms. The maximum atomic E-state index is 13.3. The maximum Gasteiger partial charge on any atom is 0.251 e. The summed E-state index contributed by atoms with van der Waals surface area (Å²) in [6, 6.07) is 10.5. The Bertz CT molecular complexity index is 730. The van der Waals surface area contributed by atoms with Crippen molar-refractivity contribution < 1.29 is 18.4 Å². The van der Waals surface area contributed by atoms with Crippen LogP contribution in [0.1, 0.15) is 30.6 Å². The maximum absolute atomic E-state index is 13.3. The van der Waals surface area contributed by atoms with Crippen LogP contribution in [0.3, 0.4) is 0 Å². The molecule has 2 aromatic carbocycles. The third-order valence-electron chi connectivity index (χ3n) is 3.95. The molecule has 0 bridgehead atoms. The average molecular weight is 346 g/mol. The van der Waals surface area contributed by atoms with Gasteiger partial charge in [0.05, 0.1) is 0 Å². The molecule has 4 nitrogen and oxygen atoms in total. The fourth-order valence-electron chi connectivity index (χ4n) is 2.36. The fourth-order valence-corrected chi connectivity index (χ4v) is 2.36. The second-order valence-electron chi connectivity index (χ2n) is 5.85. The van der Waals surface area contributed by atoms with Crippen LogP contribution in [0.15, 0.2) is 48.5 Å². The number of nitrogens with one attached hydrogen (secondary N) is 2. The molecule has 0 aliphatic heterocycles. The Morgan fingerprint density at radius 2 is 1.64 bits per heavy atom. The van der Waals surface area contributed by atoms with E-state index in [0.29, 0.717) is 12.0 Å². The van der Waals surface area contributed by atoms with E-state index in [1.165, 1.54) is 0 Å². The first-order chi connectivity index (χ1) is 11.9. The van der Waals surface area contributed by atoms with Crippen molar-refractivity contribution in [1.29, 1.82) is 0 Å². The van der Waals surface area contributed by atoms with Crippen molar-refractivity contribution in [2.24, 2.45) is 5.92 Å². The lowest BCUT2D eigenvalue weighted by atomic mass is 9.97. The molecule has 2 unspecified atom stereocenters. The molecule has 0 heterocycles. The number of rotatable bonds is 6. The van der Waals surface area contributed by atoms with Crippen LogP contribution in [-0.2, 0) is 4.79 Å². The smallest absolute Gasteiger partial charge is 0.251 e. The number of carbonyl (C=O) groups excluding carboxylic acids is 2. The van der Waals surface area contributed by atoms with E-state index in [-0.39, 0.29) is 17.5 Å². The van der Waals surface area contributed by atoms with Gasteiger partial charge in [-0.05, 0) is 30.2 Å². The van der Waals surface area contributed by atoms with E-state index in [1.807, 2.05) is 13.8 Å². The van der Waals surface area contributed by atoms with Gasteiger partial charge in [0, 0.05) is 17.3 Å². The lowest BCUT2D eigenvalue weighted by Gasteiger charge is -2.23. The van der Waals surface area contributed by atoms with Gasteiger partial charge in [-0.15, -0.1) is 0 Å². The number of halogens is 2. The van der Waals surface area contributed by atoms with Crippen molar-refractivity contribution in [3.63, 3.8) is 0 Å². The summed E-state index contributed by atoms with van der Waals surface area (Å²) >= 11 is 0. The van der Waals surface area contributed by atoms with Gasteiger partial charge in [0.2, 0.25) is 5.91 Å². The van der Waals surface area contributed by atoms with Crippen LogP contribution in [0.2, 0.25) is 0 Å². The average Bonchev–Trinajstić information content (AvgIpc) is 2.58. The molecule has 2 rings (SSSR count). The third-order valence-corrected chi connectivity index (χ3v) is 3.95. The van der Waals surface area contributed by atoms with Gasteiger partial charge < -0.3 is 10.6 Å². The number of hydrogen-bond acceptors (Lipinski definition) is 2. The molecule has 0 saturated carbocycles. The van der Waals surface area contributed by atoms with Gasteiger partial charge in [-0.25, -0.2) is 8.78 Å². The number of amides is 2. The van der Waals surface area contributed by atoms with Gasteiger partial charge >= 0.3 is 0 Å². The van der Waals surface area contributed by atoms with Crippen LogP contribution >= 0.6 is 0 Å². The molecule has 0 radical (unpaired) electrons. The number of benzene rings is 2. The van der Waals surface area contributed by atoms with Gasteiger partial charge in [0.1, 0.15) is 17.7 Å². The monoisotopic (exact) mass is 346 g/mol. The number of carbonyl (C=O) groups is 2. The Kier molecular flexibility index (Phi) is 6.22. The Morgan fingerprint density at radius 3 is 2.20 bits per heavy atom. The molecule has 0 aliphatic carbocycles. The first kappa shape index (κ1) is 18.6. The summed E-state index contributed by atoms with van der Waals surface area (Å²) in [4.78, 5) is 24.9. The summed E-state index contributed by atoms with van der Waals surface area (Å²) in [6.45, 7) is 3.71. The highest BCUT2D eigenvalue weighted by atomic mass is 19.1. The Hall–Kier alpha value is -2.76. The van der Waals surface area contributed by atoms with Crippen LogP contribution in [0, 0.1) is 17.6 Å². The van der Waals surface area contributed by atoms with Gasteiger partial charge in [0.25, 0.3) is 5.91 Å². The van der Waals surface area contributed by atoms with Gasteiger partial charge in [-0.1, -0.05) is 38.5 Å². The Labute approximate surface area is 145 Å². The summed E-state index contributed by atoms with van der Waals surface area (Å²) in [5.74, 6) is -2.64. The molecule has 0 spiro atoms. The topological polar surface area (TPSA) is 58.2 Å². The van der Waals surface area contributed by atoms with Crippen molar-refractivity contribution in [3.05, 3.63) is 65.7 Å². The third kappa shape index (κ3) is 5.11. The van der Waals surface area contributed by atoms with E-state index >= 15 is 0 Å². The normalized spacial score (nSPS) is 13.0. The number of anilines is 1. The van der Waals surface area contributed by atoms with Crippen LogP contribution in [0.5, 0.6) is 0 Å². The Morgan fingerprint density at radius 1 is 1.04 bits per heavy atom. The molecule has 2 atom stereocenters. The molecule has 2 N–H and O–H groups in total. The quantitative estimate of drug-likeness (QED) is 0.837. The van der Waals surface area contributed by atoms with Gasteiger partial charge in [-0.2, -0.15) is 0 Å². The molecule has 25 heavy (non-hydrogen) atoms. The second kappa shape index (κ2) is 8.37. The second-order valence-corrected chi connectivity index (χ2v) is 5.85. The van der Waals surface area contributed by atoms with E-state index < -0.39 is 23.6 Å². The molecule has 0 aliphatic rings. The molecular weight excluding hydrogens is 326 g/mol. The summed E-state index contributed by atoms with van der Waals surface area (Å²) in [7, 11) is 0. The molecule has 0 saturated heterocycles. The van der Waals surface area contributed by atoms with Gasteiger partial charge in [0.15, 0.2) is 0 Å². The zero-order chi connectivity index (χ0) is 18.4. The van der Waals surface area contributed by atoms with Crippen LogP contribution in [0.25, 0.3) is 0 Å². The highest BCUT2D eigenvalue weighted by molar-refractivity contribution is 6.01. The molecule has 0 aromatic heterocycles. The SMILES string of the molecule is CCC(C)C(NC(=O)c1ccccc1)C(=O)Nc1cc(F)cc(F)c1. The zero-order valence-corrected chi connectivity index (χ0v) is 14.1. The van der Waals surface area contributed by atoms with E-state index in [4.69, 9.17) is 0 Å². The summed E-state index contributed by atoms with van der Waals surface area (Å²) in [5, 5.41) is 5.16. The fraction of sp³-hybridized carbons (Fsp3) is 0.263. The lowest BCUT2D eigenvalue weighted by molar-refractivity contribution is -0.119. The summed E-state index contributed by atoms with van der Waals surface area (Å²) < 4.78 is 26.5. The minimum absolute atomic E-state index is 0.00441. The molecule has 2 amide bonds. The van der Waals surface area contributed by atoms with Crippen molar-refractivity contribution >= 4 is 17.5 Å². The van der Waals surface area contributed by atoms with Crippen molar-refractivity contribution in [3.8, 4) is 0 Å². The minimum atomic E-state index is -0.830. The predicted molar refractivity (Wildman–Crippen MR) is 92.1 cm³/mol. The van der Waals surface area contributed by atoms with E-state index in [1.54, 1.807) is 30.3 Å². The molecule has 2 aromatic rings. The highest BCUT2D eigenvalue weighted by Gasteiger charge is 2.26. The summed E-state index contributed by atoms with van der Waals surface area (Å²) in [5.41, 5.74) is 0.435. The largest absolute Gasteiger partial charge is 0.340 e. The lowest BCUT2D eigenvalue weighted by Crippen LogP contribution is -2.47. The summed E-state index contributed by atoms with van der Waals surface area (Å²) in [6.07, 6.45) is 0.644. The van der Waals surface area contributed by atoms with Crippen molar-refractivity contribution in [1.82, 2.24) is 5.32 Å². The standard InChI is InChI=1S/C19H20F2N2O2/c1-3-12(2)17(23-18(24)13-7-5-4-6-8-13)19(25)22-16-10-14(20)9-15(21)11-16/h4-12,17H,3H2,1-2H3,(H,22,25)(H,23,24). The predicted octanol–water partition coefficient (Wildman–Crippen LogP) is 3.75. The van der Waals surface area contributed by atoms with Crippen LogP contribution < -0.4 is 10.6 Å². The molecule has 0 fully saturated rings. The van der Waals surface area contributed by atoms with Crippen LogP contribution in [-0.4, -0.2) is 17.9 Å².